The zero-order valence-electron chi connectivity index (χ0n) is 15.7. The highest BCUT2D eigenvalue weighted by Gasteiger charge is 2.24. The number of hydrogen-bond donors (Lipinski definition) is 3. The van der Waals surface area contributed by atoms with E-state index in [2.05, 4.69) is 15.8 Å². The number of hydrogen-bond acceptors (Lipinski definition) is 6. The minimum Gasteiger partial charge on any atom is -0.494 e. The first-order valence-electron chi connectivity index (χ1n) is 8.56. The molecule has 2 aromatic carbocycles. The number of halogens is 1. The Balaban J connectivity index is 1.88. The zero-order chi connectivity index (χ0) is 21.0. The highest BCUT2D eigenvalue weighted by atomic mass is 19.1. The van der Waals surface area contributed by atoms with Crippen LogP contribution in [0.2, 0.25) is 0 Å². The van der Waals surface area contributed by atoms with Crippen LogP contribution in [0.25, 0.3) is 11.3 Å². The summed E-state index contributed by atoms with van der Waals surface area (Å²) < 4.78 is 23.8. The van der Waals surface area contributed by atoms with E-state index in [0.717, 1.165) is 11.6 Å². The number of aromatic carboxylic acids is 1. The second-order valence-corrected chi connectivity index (χ2v) is 6.02. The molecule has 0 saturated heterocycles. The topological polar surface area (TPSA) is 114 Å². The highest BCUT2D eigenvalue weighted by molar-refractivity contribution is 5.99. The molecule has 1 heterocycles. The SMILES string of the molecule is CNC(=O)c1cccc(CNc2noc(-c3ccc(F)c(OC)c3)c2C(=O)O)c1. The van der Waals surface area contributed by atoms with Crippen molar-refractivity contribution in [2.45, 2.75) is 6.54 Å². The third-order valence-electron chi connectivity index (χ3n) is 4.20. The van der Waals surface area contributed by atoms with E-state index in [0.29, 0.717) is 11.1 Å². The van der Waals surface area contributed by atoms with Crippen LogP contribution in [0.1, 0.15) is 26.3 Å². The van der Waals surface area contributed by atoms with E-state index in [4.69, 9.17) is 9.26 Å². The van der Waals surface area contributed by atoms with Crippen LogP contribution in [-0.4, -0.2) is 36.3 Å². The number of carbonyl (C=O) groups excluding carboxylic acids is 1. The molecule has 0 bridgehead atoms. The van der Waals surface area contributed by atoms with Gasteiger partial charge in [0.05, 0.1) is 7.11 Å². The number of ether oxygens (including phenoxy) is 1. The Morgan fingerprint density at radius 1 is 1.24 bits per heavy atom. The van der Waals surface area contributed by atoms with Crippen LogP contribution in [0.15, 0.2) is 47.0 Å². The van der Waals surface area contributed by atoms with E-state index in [1.165, 1.54) is 26.3 Å². The van der Waals surface area contributed by atoms with E-state index < -0.39 is 11.8 Å². The standard InChI is InChI=1S/C20H18FN3O5/c1-22-19(25)13-5-3-4-11(8-13)10-23-18-16(20(26)27)17(29-24-18)12-6-7-14(21)15(9-12)28-2/h3-9H,10H2,1-2H3,(H,22,25)(H,23,24)(H,26,27). The molecule has 0 atom stereocenters. The van der Waals surface area contributed by atoms with Crippen LogP contribution in [0.4, 0.5) is 10.2 Å². The smallest absolute Gasteiger partial charge is 0.343 e. The number of nitrogens with zero attached hydrogens (tertiary/aromatic N) is 1. The Morgan fingerprint density at radius 3 is 2.72 bits per heavy atom. The summed E-state index contributed by atoms with van der Waals surface area (Å²) in [6.45, 7) is 0.212. The molecule has 29 heavy (non-hydrogen) atoms. The maximum Gasteiger partial charge on any atom is 0.343 e. The number of carbonyl (C=O) groups is 2. The number of nitrogens with one attached hydrogen (secondary N) is 2. The molecule has 3 aromatic rings. The maximum atomic E-state index is 13.6. The largest absolute Gasteiger partial charge is 0.494 e. The molecule has 1 aromatic heterocycles. The van der Waals surface area contributed by atoms with Gasteiger partial charge < -0.3 is 25.0 Å². The van der Waals surface area contributed by atoms with Crippen LogP contribution in [-0.2, 0) is 6.54 Å². The summed E-state index contributed by atoms with van der Waals surface area (Å²) in [5.41, 5.74) is 1.34. The molecule has 0 aliphatic rings. The lowest BCUT2D eigenvalue weighted by Crippen LogP contribution is -2.18. The third-order valence-corrected chi connectivity index (χ3v) is 4.20. The first-order chi connectivity index (χ1) is 13.9. The van der Waals surface area contributed by atoms with E-state index in [-0.39, 0.29) is 35.3 Å². The highest BCUT2D eigenvalue weighted by Crippen LogP contribution is 2.32. The molecule has 1 amide bonds. The van der Waals surface area contributed by atoms with Gasteiger partial charge >= 0.3 is 5.97 Å². The van der Waals surface area contributed by atoms with Crippen LogP contribution in [0, 0.1) is 5.82 Å². The molecule has 0 saturated carbocycles. The molecule has 150 valence electrons. The van der Waals surface area contributed by atoms with Crippen molar-refractivity contribution in [3.8, 4) is 17.1 Å². The van der Waals surface area contributed by atoms with Crippen molar-refractivity contribution in [1.29, 1.82) is 0 Å². The molecular formula is C20H18FN3O5. The Morgan fingerprint density at radius 2 is 2.03 bits per heavy atom. The molecule has 0 radical (unpaired) electrons. The zero-order valence-corrected chi connectivity index (χ0v) is 15.7. The molecule has 0 aliphatic carbocycles. The van der Waals surface area contributed by atoms with Gasteiger partial charge in [-0.2, -0.15) is 0 Å². The van der Waals surface area contributed by atoms with Gasteiger partial charge in [-0.05, 0) is 35.9 Å². The number of aromatic nitrogens is 1. The van der Waals surface area contributed by atoms with Gasteiger partial charge in [0.2, 0.25) is 0 Å². The number of amides is 1. The van der Waals surface area contributed by atoms with Crippen molar-refractivity contribution in [3.05, 3.63) is 65.0 Å². The van der Waals surface area contributed by atoms with Gasteiger partial charge in [0.1, 0.15) is 0 Å². The van der Waals surface area contributed by atoms with E-state index >= 15 is 0 Å². The Kier molecular flexibility index (Phi) is 5.77. The summed E-state index contributed by atoms with van der Waals surface area (Å²) in [6.07, 6.45) is 0. The molecule has 0 spiro atoms. The van der Waals surface area contributed by atoms with E-state index in [1.54, 1.807) is 24.3 Å². The monoisotopic (exact) mass is 399 g/mol. The van der Waals surface area contributed by atoms with Gasteiger partial charge in [0.25, 0.3) is 5.91 Å². The van der Waals surface area contributed by atoms with Crippen LogP contribution in [0.5, 0.6) is 5.75 Å². The molecule has 0 aliphatic heterocycles. The van der Waals surface area contributed by atoms with E-state index in [9.17, 15) is 19.1 Å². The van der Waals surface area contributed by atoms with Crippen molar-refractivity contribution in [2.75, 3.05) is 19.5 Å². The lowest BCUT2D eigenvalue weighted by atomic mass is 10.1. The summed E-state index contributed by atoms with van der Waals surface area (Å²) in [7, 11) is 2.84. The number of methoxy groups -OCH3 is 1. The van der Waals surface area contributed by atoms with Crippen LogP contribution >= 0.6 is 0 Å². The van der Waals surface area contributed by atoms with Crippen LogP contribution < -0.4 is 15.4 Å². The van der Waals surface area contributed by atoms with E-state index in [1.807, 2.05) is 0 Å². The van der Waals surface area contributed by atoms with Crippen molar-refractivity contribution in [3.63, 3.8) is 0 Å². The first-order valence-corrected chi connectivity index (χ1v) is 8.56. The molecule has 8 nitrogen and oxygen atoms in total. The summed E-state index contributed by atoms with van der Waals surface area (Å²) in [5, 5.41) is 18.9. The fourth-order valence-electron chi connectivity index (χ4n) is 2.76. The first kappa shape index (κ1) is 19.9. The molecule has 0 fully saturated rings. The van der Waals surface area contributed by atoms with Gasteiger partial charge in [-0.1, -0.05) is 17.3 Å². The fraction of sp³-hybridized carbons (Fsp3) is 0.150. The lowest BCUT2D eigenvalue weighted by Gasteiger charge is -2.07. The Bertz CT molecular complexity index is 1060. The number of rotatable bonds is 7. The minimum absolute atomic E-state index is 0.0149. The minimum atomic E-state index is -1.26. The normalized spacial score (nSPS) is 10.4. The average Bonchev–Trinajstić information content (AvgIpc) is 3.16. The van der Waals surface area contributed by atoms with Crippen molar-refractivity contribution < 1.29 is 28.3 Å². The van der Waals surface area contributed by atoms with Gasteiger partial charge in [-0.15, -0.1) is 0 Å². The number of anilines is 1. The van der Waals surface area contributed by atoms with Gasteiger partial charge in [-0.3, -0.25) is 4.79 Å². The summed E-state index contributed by atoms with van der Waals surface area (Å²) >= 11 is 0. The predicted molar refractivity (Wildman–Crippen MR) is 103 cm³/mol. The summed E-state index contributed by atoms with van der Waals surface area (Å²) in [4.78, 5) is 23.5. The molecule has 0 unspecified atom stereocenters. The molecule has 3 N–H and O–H groups in total. The van der Waals surface area contributed by atoms with Crippen molar-refractivity contribution in [1.82, 2.24) is 10.5 Å². The predicted octanol–water partition coefficient (Wildman–Crippen LogP) is 3.16. The lowest BCUT2D eigenvalue weighted by molar-refractivity contribution is 0.0698. The van der Waals surface area contributed by atoms with Crippen molar-refractivity contribution >= 4 is 17.7 Å². The van der Waals surface area contributed by atoms with Gasteiger partial charge in [-0.25, -0.2) is 9.18 Å². The third kappa shape index (κ3) is 4.18. The van der Waals surface area contributed by atoms with Crippen molar-refractivity contribution in [2.24, 2.45) is 0 Å². The Labute approximate surface area is 165 Å². The second kappa shape index (κ2) is 8.42. The number of carboxylic acid groups (broad SMARTS) is 1. The van der Waals surface area contributed by atoms with Gasteiger partial charge in [0, 0.05) is 24.7 Å². The molecular weight excluding hydrogens is 381 g/mol. The molecule has 9 heteroatoms. The average molecular weight is 399 g/mol. The molecule has 3 rings (SSSR count). The quantitative estimate of drug-likeness (QED) is 0.559. The summed E-state index contributed by atoms with van der Waals surface area (Å²) in [5.74, 6) is -2.13. The second-order valence-electron chi connectivity index (χ2n) is 6.02. The number of benzene rings is 2. The maximum absolute atomic E-state index is 13.6. The van der Waals surface area contributed by atoms with Gasteiger partial charge in [0.15, 0.2) is 28.7 Å². The fourth-order valence-corrected chi connectivity index (χ4v) is 2.76. The summed E-state index contributed by atoms with van der Waals surface area (Å²) in [6, 6.07) is 10.7. The Hall–Kier alpha value is -3.88. The number of carboxylic acids is 1. The van der Waals surface area contributed by atoms with Crippen LogP contribution in [0.3, 0.4) is 0 Å².